The molecule has 2 aromatic rings. The van der Waals surface area contributed by atoms with E-state index in [0.29, 0.717) is 20.6 Å². The Morgan fingerprint density at radius 3 is 2.25 bits per heavy atom. The van der Waals surface area contributed by atoms with Gasteiger partial charge in [0, 0.05) is 22.3 Å². The fraction of sp³-hybridized carbons (Fsp3) is 0. The summed E-state index contributed by atoms with van der Waals surface area (Å²) in [6.07, 6.45) is 1.36. The molecule has 0 spiro atoms. The third-order valence-electron chi connectivity index (χ3n) is 2.04. The van der Waals surface area contributed by atoms with Gasteiger partial charge in [-0.05, 0) is 24.3 Å². The van der Waals surface area contributed by atoms with Gasteiger partial charge in [-0.15, -0.1) is 0 Å². The number of benzene rings is 1. The number of nitrogens with zero attached hydrogens (tertiary/aromatic N) is 1. The van der Waals surface area contributed by atoms with Crippen molar-refractivity contribution >= 4 is 34.8 Å². The Labute approximate surface area is 107 Å². The molecule has 0 unspecified atom stereocenters. The van der Waals surface area contributed by atoms with Crippen molar-refractivity contribution in [2.45, 2.75) is 0 Å². The van der Waals surface area contributed by atoms with Crippen LogP contribution >= 0.6 is 34.8 Å². The van der Waals surface area contributed by atoms with Crippen LogP contribution in [0.5, 0.6) is 0 Å². The van der Waals surface area contributed by atoms with Crippen molar-refractivity contribution in [3.8, 4) is 11.1 Å². The highest BCUT2D eigenvalue weighted by atomic mass is 35.5. The van der Waals surface area contributed by atoms with Gasteiger partial charge in [-0.2, -0.15) is 4.39 Å². The fourth-order valence-corrected chi connectivity index (χ4v) is 2.39. The summed E-state index contributed by atoms with van der Waals surface area (Å²) in [4.78, 5) is 3.54. The van der Waals surface area contributed by atoms with Crippen molar-refractivity contribution in [3.05, 3.63) is 51.5 Å². The van der Waals surface area contributed by atoms with Crippen molar-refractivity contribution in [2.75, 3.05) is 0 Å². The van der Waals surface area contributed by atoms with Crippen LogP contribution in [0.2, 0.25) is 15.1 Å². The van der Waals surface area contributed by atoms with E-state index in [1.54, 1.807) is 12.1 Å². The summed E-state index contributed by atoms with van der Waals surface area (Å²) in [6, 6.07) is 6.19. The second kappa shape index (κ2) is 4.58. The van der Waals surface area contributed by atoms with Crippen molar-refractivity contribution in [2.24, 2.45) is 0 Å². The second-order valence-electron chi connectivity index (χ2n) is 3.09. The SMILES string of the molecule is Fc1ncccc1-c1c(Cl)cc(Cl)cc1Cl. The second-order valence-corrected chi connectivity index (χ2v) is 4.34. The molecule has 1 aromatic heterocycles. The number of hydrogen-bond donors (Lipinski definition) is 0. The summed E-state index contributed by atoms with van der Waals surface area (Å²) in [5, 5.41) is 0.997. The standard InChI is InChI=1S/C11H5Cl3FN/c12-6-4-8(13)10(9(14)5-6)7-2-1-3-16-11(7)15/h1-5H. The molecule has 2 rings (SSSR count). The van der Waals surface area contributed by atoms with Crippen molar-refractivity contribution in [3.63, 3.8) is 0 Å². The number of pyridine rings is 1. The lowest BCUT2D eigenvalue weighted by Gasteiger charge is -2.08. The first-order valence-corrected chi connectivity index (χ1v) is 5.48. The van der Waals surface area contributed by atoms with Crippen LogP contribution in [0.25, 0.3) is 11.1 Å². The topological polar surface area (TPSA) is 12.9 Å². The quantitative estimate of drug-likeness (QED) is 0.679. The van der Waals surface area contributed by atoms with Crippen LogP contribution in [-0.4, -0.2) is 4.98 Å². The molecule has 0 N–H and O–H groups in total. The van der Waals surface area contributed by atoms with Crippen LogP contribution in [0.1, 0.15) is 0 Å². The van der Waals surface area contributed by atoms with Gasteiger partial charge in [0.25, 0.3) is 0 Å². The highest BCUT2D eigenvalue weighted by Crippen LogP contribution is 2.37. The average Bonchev–Trinajstić information content (AvgIpc) is 2.19. The largest absolute Gasteiger partial charge is 0.228 e. The van der Waals surface area contributed by atoms with Crippen LogP contribution in [0, 0.1) is 5.95 Å². The molecule has 0 fully saturated rings. The monoisotopic (exact) mass is 275 g/mol. The maximum atomic E-state index is 13.5. The molecule has 0 saturated heterocycles. The minimum absolute atomic E-state index is 0.258. The number of halogens is 4. The molecule has 1 heterocycles. The maximum absolute atomic E-state index is 13.5. The van der Waals surface area contributed by atoms with Crippen LogP contribution in [0.4, 0.5) is 4.39 Å². The highest BCUT2D eigenvalue weighted by Gasteiger charge is 2.14. The third kappa shape index (κ3) is 2.14. The molecule has 0 bridgehead atoms. The minimum atomic E-state index is -0.617. The lowest BCUT2D eigenvalue weighted by molar-refractivity contribution is 0.587. The van der Waals surface area contributed by atoms with E-state index in [4.69, 9.17) is 34.8 Å². The first kappa shape index (κ1) is 11.6. The van der Waals surface area contributed by atoms with Gasteiger partial charge in [0.1, 0.15) is 0 Å². The first-order valence-electron chi connectivity index (χ1n) is 4.35. The van der Waals surface area contributed by atoms with Crippen LogP contribution < -0.4 is 0 Å². The smallest absolute Gasteiger partial charge is 0.220 e. The summed E-state index contributed by atoms with van der Waals surface area (Å²) >= 11 is 17.7. The van der Waals surface area contributed by atoms with E-state index in [1.807, 2.05) is 0 Å². The zero-order valence-electron chi connectivity index (χ0n) is 7.85. The average molecular weight is 277 g/mol. The van der Waals surface area contributed by atoms with Crippen molar-refractivity contribution in [1.29, 1.82) is 0 Å². The summed E-state index contributed by atoms with van der Waals surface area (Å²) < 4.78 is 13.5. The molecule has 0 saturated carbocycles. The van der Waals surface area contributed by atoms with Crippen molar-refractivity contribution in [1.82, 2.24) is 4.98 Å². The molecule has 1 aromatic carbocycles. The molecule has 0 atom stereocenters. The highest BCUT2D eigenvalue weighted by molar-refractivity contribution is 6.41. The van der Waals surface area contributed by atoms with Gasteiger partial charge in [0.05, 0.1) is 10.0 Å². The number of aromatic nitrogens is 1. The summed E-state index contributed by atoms with van der Waals surface area (Å²) in [5.74, 6) is -0.617. The van der Waals surface area contributed by atoms with E-state index in [-0.39, 0.29) is 5.56 Å². The van der Waals surface area contributed by atoms with Crippen LogP contribution in [0.15, 0.2) is 30.5 Å². The molecule has 0 aliphatic heterocycles. The van der Waals surface area contributed by atoms with Gasteiger partial charge in [-0.25, -0.2) is 4.98 Å². The van der Waals surface area contributed by atoms with E-state index < -0.39 is 5.95 Å². The number of rotatable bonds is 1. The molecule has 0 amide bonds. The molecule has 82 valence electrons. The van der Waals surface area contributed by atoms with E-state index in [1.165, 1.54) is 18.3 Å². The molecule has 0 aliphatic rings. The van der Waals surface area contributed by atoms with E-state index in [2.05, 4.69) is 4.98 Å². The summed E-state index contributed by atoms with van der Waals surface area (Å²) in [7, 11) is 0. The Kier molecular flexibility index (Phi) is 3.33. The molecular formula is C11H5Cl3FN. The normalized spacial score (nSPS) is 10.5. The van der Waals surface area contributed by atoms with Crippen LogP contribution in [-0.2, 0) is 0 Å². The van der Waals surface area contributed by atoms with E-state index >= 15 is 0 Å². The lowest BCUT2D eigenvalue weighted by atomic mass is 10.1. The molecule has 0 aliphatic carbocycles. The Balaban J connectivity index is 2.70. The zero-order chi connectivity index (χ0) is 11.7. The van der Waals surface area contributed by atoms with Gasteiger partial charge >= 0.3 is 0 Å². The Hall–Kier alpha value is -0.830. The lowest BCUT2D eigenvalue weighted by Crippen LogP contribution is -1.89. The summed E-state index contributed by atoms with van der Waals surface area (Å²) in [5.41, 5.74) is 0.660. The molecule has 16 heavy (non-hydrogen) atoms. The van der Waals surface area contributed by atoms with Gasteiger partial charge in [0.2, 0.25) is 5.95 Å². The van der Waals surface area contributed by atoms with Gasteiger partial charge in [0.15, 0.2) is 0 Å². The fourth-order valence-electron chi connectivity index (χ4n) is 1.37. The van der Waals surface area contributed by atoms with Crippen molar-refractivity contribution < 1.29 is 4.39 Å². The molecule has 5 heteroatoms. The van der Waals surface area contributed by atoms with Crippen LogP contribution in [0.3, 0.4) is 0 Å². The third-order valence-corrected chi connectivity index (χ3v) is 2.85. The molecule has 0 radical (unpaired) electrons. The maximum Gasteiger partial charge on any atom is 0.220 e. The van der Waals surface area contributed by atoms with Gasteiger partial charge < -0.3 is 0 Å². The Bertz CT molecular complexity index is 519. The van der Waals surface area contributed by atoms with E-state index in [0.717, 1.165) is 0 Å². The minimum Gasteiger partial charge on any atom is -0.228 e. The van der Waals surface area contributed by atoms with E-state index in [9.17, 15) is 4.39 Å². The van der Waals surface area contributed by atoms with Gasteiger partial charge in [-0.1, -0.05) is 34.8 Å². The summed E-state index contributed by atoms with van der Waals surface area (Å²) in [6.45, 7) is 0. The Morgan fingerprint density at radius 2 is 1.69 bits per heavy atom. The molecular weight excluding hydrogens is 271 g/mol. The molecule has 1 nitrogen and oxygen atoms in total. The zero-order valence-corrected chi connectivity index (χ0v) is 10.1. The van der Waals surface area contributed by atoms with Gasteiger partial charge in [-0.3, -0.25) is 0 Å². The number of hydrogen-bond acceptors (Lipinski definition) is 1. The Morgan fingerprint density at radius 1 is 1.06 bits per heavy atom. The predicted molar refractivity (Wildman–Crippen MR) is 64.7 cm³/mol. The predicted octanol–water partition coefficient (Wildman–Crippen LogP) is 4.85. The first-order chi connectivity index (χ1) is 7.59.